The van der Waals surface area contributed by atoms with Crippen molar-refractivity contribution in [2.75, 3.05) is 25.0 Å². The zero-order valence-electron chi connectivity index (χ0n) is 21.6. The lowest BCUT2D eigenvalue weighted by atomic mass is 10.2. The number of imidazole rings is 1. The highest BCUT2D eigenvalue weighted by atomic mass is 19.4. The molecule has 0 bridgehead atoms. The first-order chi connectivity index (χ1) is 19.2. The molecule has 0 saturated carbocycles. The summed E-state index contributed by atoms with van der Waals surface area (Å²) in [5, 5.41) is 5.73. The summed E-state index contributed by atoms with van der Waals surface area (Å²) >= 11 is 0. The molecule has 1 fully saturated rings. The predicted molar refractivity (Wildman–Crippen MR) is 139 cm³/mol. The quantitative estimate of drug-likeness (QED) is 0.301. The highest BCUT2D eigenvalue weighted by Crippen LogP contribution is 2.32. The maximum Gasteiger partial charge on any atom is 0.416 e. The Hall–Kier alpha value is -4.79. The van der Waals surface area contributed by atoms with Gasteiger partial charge in [-0.3, -0.25) is 9.59 Å². The number of alkyl halides is 3. The van der Waals surface area contributed by atoms with Gasteiger partial charge in [-0.05, 0) is 48.2 Å². The van der Waals surface area contributed by atoms with E-state index in [0.29, 0.717) is 48.9 Å². The van der Waals surface area contributed by atoms with Crippen LogP contribution in [0, 0.1) is 6.20 Å². The van der Waals surface area contributed by atoms with Crippen molar-refractivity contribution in [2.24, 2.45) is 7.05 Å². The summed E-state index contributed by atoms with van der Waals surface area (Å²) in [6.45, 7) is 1.78. The van der Waals surface area contributed by atoms with Crippen LogP contribution in [0.25, 0.3) is 11.0 Å². The smallest absolute Gasteiger partial charge is 0.416 e. The maximum atomic E-state index is 13.1. The van der Waals surface area contributed by atoms with Gasteiger partial charge in [-0.1, -0.05) is 6.07 Å². The van der Waals surface area contributed by atoms with Gasteiger partial charge in [-0.2, -0.15) is 13.2 Å². The van der Waals surface area contributed by atoms with Crippen molar-refractivity contribution in [3.8, 4) is 11.5 Å². The molecule has 206 valence electrons. The monoisotopic (exact) mass is 551 g/mol. The Morgan fingerprint density at radius 3 is 2.80 bits per heavy atom. The Balaban J connectivity index is 1.23. The molecule has 2 aromatic carbocycles. The summed E-state index contributed by atoms with van der Waals surface area (Å²) in [5.41, 5.74) is 0.933. The third-order valence-corrected chi connectivity index (χ3v) is 6.50. The molecule has 0 radical (unpaired) electrons. The second-order valence-corrected chi connectivity index (χ2v) is 9.36. The molecule has 4 aromatic rings. The van der Waals surface area contributed by atoms with Crippen LogP contribution in [0.5, 0.6) is 11.5 Å². The van der Waals surface area contributed by atoms with Crippen LogP contribution < -0.4 is 20.4 Å². The van der Waals surface area contributed by atoms with Gasteiger partial charge in [0, 0.05) is 44.9 Å². The van der Waals surface area contributed by atoms with Crippen molar-refractivity contribution in [3.05, 3.63) is 72.1 Å². The molecule has 1 saturated heterocycles. The minimum atomic E-state index is -4.45. The van der Waals surface area contributed by atoms with Gasteiger partial charge in [-0.15, -0.1) is 0 Å². The van der Waals surface area contributed by atoms with Gasteiger partial charge < -0.3 is 24.8 Å². The molecule has 9 nitrogen and oxygen atoms in total. The minimum absolute atomic E-state index is 0.140. The van der Waals surface area contributed by atoms with Gasteiger partial charge in [0.1, 0.15) is 17.6 Å². The third-order valence-electron chi connectivity index (χ3n) is 6.50. The van der Waals surface area contributed by atoms with E-state index >= 15 is 0 Å². The summed E-state index contributed by atoms with van der Waals surface area (Å²) in [4.78, 5) is 34.5. The van der Waals surface area contributed by atoms with E-state index in [1.165, 1.54) is 24.3 Å². The lowest BCUT2D eigenvalue weighted by Gasteiger charge is -2.14. The molecule has 0 unspecified atom stereocenters. The Morgan fingerprint density at radius 2 is 2.02 bits per heavy atom. The van der Waals surface area contributed by atoms with E-state index < -0.39 is 11.7 Å². The van der Waals surface area contributed by atoms with Crippen molar-refractivity contribution < 1.29 is 32.5 Å². The molecule has 0 atom stereocenters. The van der Waals surface area contributed by atoms with Gasteiger partial charge in [0.15, 0.2) is 0 Å². The van der Waals surface area contributed by atoms with E-state index in [1.807, 2.05) is 0 Å². The first-order valence-electron chi connectivity index (χ1n) is 12.7. The molecule has 1 aliphatic heterocycles. The number of nitrogens with one attached hydrogen (secondary N) is 2. The van der Waals surface area contributed by atoms with Crippen LogP contribution in [0.3, 0.4) is 0 Å². The molecule has 1 aliphatic rings. The van der Waals surface area contributed by atoms with Gasteiger partial charge in [0.2, 0.25) is 11.9 Å². The fraction of sp³-hybridized carbons (Fsp3) is 0.286. The first kappa shape index (κ1) is 26.8. The average Bonchev–Trinajstić information content (AvgIpc) is 3.48. The summed E-state index contributed by atoms with van der Waals surface area (Å²) in [6.07, 6.45) is 0.328. The zero-order chi connectivity index (χ0) is 28.3. The van der Waals surface area contributed by atoms with E-state index in [-0.39, 0.29) is 23.2 Å². The van der Waals surface area contributed by atoms with Crippen LogP contribution in [0.2, 0.25) is 0 Å². The number of amides is 2. The topological polar surface area (TPSA) is 103 Å². The summed E-state index contributed by atoms with van der Waals surface area (Å²) in [5.74, 6) is 0.925. The Morgan fingerprint density at radius 1 is 1.18 bits per heavy atom. The number of anilines is 2. The lowest BCUT2D eigenvalue weighted by molar-refractivity contribution is -0.299. The molecule has 40 heavy (non-hydrogen) atoms. The van der Waals surface area contributed by atoms with Crippen molar-refractivity contribution in [1.82, 2.24) is 19.8 Å². The van der Waals surface area contributed by atoms with Crippen molar-refractivity contribution in [3.63, 3.8) is 0 Å². The summed E-state index contributed by atoms with van der Waals surface area (Å²) in [7, 11) is 1.75. The highest BCUT2D eigenvalue weighted by molar-refractivity contribution is 5.91. The highest BCUT2D eigenvalue weighted by Gasteiger charge is 2.30. The molecular weight excluding hydrogens is 525 g/mol. The number of rotatable bonds is 9. The molecule has 12 heteroatoms. The summed E-state index contributed by atoms with van der Waals surface area (Å²) < 4.78 is 46.9. The molecule has 3 heterocycles. The van der Waals surface area contributed by atoms with Crippen LogP contribution in [-0.4, -0.2) is 45.9 Å². The van der Waals surface area contributed by atoms with Crippen molar-refractivity contribution in [1.29, 1.82) is 0 Å². The molecule has 2 aromatic heterocycles. The number of halogens is 3. The second-order valence-electron chi connectivity index (χ2n) is 9.36. The Bertz CT molecular complexity index is 1550. The largest absolute Gasteiger partial charge is 0.456 e. The summed E-state index contributed by atoms with van der Waals surface area (Å²) in [6, 6.07) is 13.1. The minimum Gasteiger partial charge on any atom is -0.456 e. The number of aromatic nitrogens is 3. The number of benzene rings is 2. The van der Waals surface area contributed by atoms with Crippen LogP contribution in [0.4, 0.5) is 24.8 Å². The Labute approximate surface area is 228 Å². The van der Waals surface area contributed by atoms with Crippen molar-refractivity contribution >= 4 is 34.5 Å². The number of nitrogens with zero attached hydrogens (tertiary/aromatic N) is 4. The van der Waals surface area contributed by atoms with Crippen molar-refractivity contribution in [2.45, 2.75) is 25.4 Å². The van der Waals surface area contributed by atoms with E-state index in [1.54, 1.807) is 34.7 Å². The number of hydrogen-bond donors (Lipinski definition) is 2. The molecule has 2 amide bonds. The third kappa shape index (κ3) is 6.09. The first-order valence-corrected chi connectivity index (χ1v) is 12.7. The lowest BCUT2D eigenvalue weighted by Crippen LogP contribution is -2.32. The van der Waals surface area contributed by atoms with Crippen LogP contribution in [0.1, 0.15) is 35.3 Å². The fourth-order valence-electron chi connectivity index (χ4n) is 4.45. The van der Waals surface area contributed by atoms with E-state index in [0.717, 1.165) is 30.6 Å². The standard InChI is InChI=1S/C28H25F3N6O3/c1-36-24-9-8-20(16-22(24)35-27(36)34-19-6-2-5-18(15-19)28(29,30)31)40-21-10-12-32-23(17-21)26(39)33-11-4-14-37-13-3-7-25(37)38/h2,5-6,8-10,15-17H,3-4,7,11,13-14H2,1H3,(H-,33,34,35,39)/p+1. The SMILES string of the molecule is Cn1c(Nc2cccc(C(F)(F)F)c2)nc2cc(Oc3cc#[n+]c(C(=O)NCCCN4CCCC4=O)c3)ccc21. The average molecular weight is 552 g/mol. The number of likely N-dealkylation sites (tertiary alicyclic amines) is 1. The fourth-order valence-corrected chi connectivity index (χ4v) is 4.45. The number of hydrogen-bond acceptors (Lipinski definition) is 5. The predicted octanol–water partition coefficient (Wildman–Crippen LogP) is 4.27. The maximum absolute atomic E-state index is 13.1. The van der Waals surface area contributed by atoms with Gasteiger partial charge in [0.05, 0.1) is 22.7 Å². The Kier molecular flexibility index (Phi) is 7.46. The molecule has 0 aliphatic carbocycles. The van der Waals surface area contributed by atoms with Gasteiger partial charge >= 0.3 is 24.0 Å². The number of aryl methyl sites for hydroxylation is 1. The van der Waals surface area contributed by atoms with E-state index in [9.17, 15) is 22.8 Å². The zero-order valence-corrected chi connectivity index (χ0v) is 21.6. The molecule has 5 rings (SSSR count). The van der Waals surface area contributed by atoms with Gasteiger partial charge in [0.25, 0.3) is 0 Å². The molecular formula is C28H26F3N6O3+. The van der Waals surface area contributed by atoms with E-state index in [4.69, 9.17) is 4.74 Å². The second kappa shape index (κ2) is 11.1. The van der Waals surface area contributed by atoms with Crippen LogP contribution in [0.15, 0.2) is 54.6 Å². The van der Waals surface area contributed by atoms with E-state index in [2.05, 4.69) is 26.8 Å². The molecule has 2 N–H and O–H groups in total. The number of ether oxygens (including phenoxy) is 1. The normalized spacial score (nSPS) is 13.4. The number of carbonyl (C=O) groups excluding carboxylic acids is 2. The number of carbonyl (C=O) groups is 2. The van der Waals surface area contributed by atoms with Crippen LogP contribution in [-0.2, 0) is 18.0 Å². The van der Waals surface area contributed by atoms with Crippen LogP contribution >= 0.6 is 0 Å². The number of fused-ring (bicyclic) bond motifs is 1. The van der Waals surface area contributed by atoms with Gasteiger partial charge in [-0.25, -0.2) is 4.98 Å². The molecule has 0 spiro atoms.